The van der Waals surface area contributed by atoms with E-state index in [1.165, 1.54) is 17.5 Å². The molecule has 3 heterocycles. The highest BCUT2D eigenvalue weighted by Gasteiger charge is 2.24. The summed E-state index contributed by atoms with van der Waals surface area (Å²) in [7, 11) is 1.69. The van der Waals surface area contributed by atoms with Crippen LogP contribution in [0.15, 0.2) is 41.0 Å². The molecule has 2 aromatic rings. The molecule has 150 valence electrons. The van der Waals surface area contributed by atoms with Crippen molar-refractivity contribution in [3.63, 3.8) is 0 Å². The lowest BCUT2D eigenvalue weighted by Gasteiger charge is -2.33. The summed E-state index contributed by atoms with van der Waals surface area (Å²) in [6.07, 6.45) is 4.93. The molecule has 1 saturated heterocycles. The van der Waals surface area contributed by atoms with E-state index in [0.717, 1.165) is 57.1 Å². The highest BCUT2D eigenvalue weighted by atomic mass is 16.5. The summed E-state index contributed by atoms with van der Waals surface area (Å²) in [5.41, 5.74) is 2.49. The molecular formula is C22H29N3O3. The van der Waals surface area contributed by atoms with Gasteiger partial charge in [0.05, 0.1) is 19.9 Å². The molecule has 0 saturated carbocycles. The van der Waals surface area contributed by atoms with Crippen molar-refractivity contribution in [2.45, 2.75) is 32.4 Å². The smallest absolute Gasteiger partial charge is 0.317 e. The van der Waals surface area contributed by atoms with Gasteiger partial charge in [-0.1, -0.05) is 6.07 Å². The van der Waals surface area contributed by atoms with Crippen LogP contribution in [0.25, 0.3) is 0 Å². The normalized spacial score (nSPS) is 19.9. The molecule has 0 spiro atoms. The van der Waals surface area contributed by atoms with E-state index >= 15 is 0 Å². The van der Waals surface area contributed by atoms with Crippen molar-refractivity contribution in [3.05, 3.63) is 53.5 Å². The predicted molar refractivity (Wildman–Crippen MR) is 107 cm³/mol. The van der Waals surface area contributed by atoms with Crippen molar-refractivity contribution in [3.8, 4) is 5.75 Å². The van der Waals surface area contributed by atoms with E-state index in [-0.39, 0.29) is 6.03 Å². The molecule has 6 nitrogen and oxygen atoms in total. The summed E-state index contributed by atoms with van der Waals surface area (Å²) < 4.78 is 10.8. The Bertz CT molecular complexity index is 790. The molecule has 28 heavy (non-hydrogen) atoms. The van der Waals surface area contributed by atoms with Gasteiger partial charge in [-0.25, -0.2) is 4.79 Å². The molecule has 0 aliphatic carbocycles. The predicted octanol–water partition coefficient (Wildman–Crippen LogP) is 3.27. The molecule has 6 heteroatoms. The second-order valence-electron chi connectivity index (χ2n) is 7.81. The Morgan fingerprint density at radius 2 is 2.21 bits per heavy atom. The van der Waals surface area contributed by atoms with Gasteiger partial charge >= 0.3 is 6.03 Å². The molecule has 0 bridgehead atoms. The van der Waals surface area contributed by atoms with Crippen LogP contribution in [0.4, 0.5) is 4.79 Å². The van der Waals surface area contributed by atoms with Gasteiger partial charge in [-0.05, 0) is 67.1 Å². The van der Waals surface area contributed by atoms with Gasteiger partial charge in [0.1, 0.15) is 11.5 Å². The van der Waals surface area contributed by atoms with Crippen LogP contribution >= 0.6 is 0 Å². The Labute approximate surface area is 166 Å². The number of furan rings is 1. The summed E-state index contributed by atoms with van der Waals surface area (Å²) in [4.78, 5) is 17.0. The number of urea groups is 1. The molecule has 1 aromatic heterocycles. The number of piperidine rings is 1. The molecule has 2 aliphatic heterocycles. The van der Waals surface area contributed by atoms with Crippen LogP contribution in [0, 0.1) is 5.92 Å². The highest BCUT2D eigenvalue weighted by molar-refractivity contribution is 5.74. The molecule has 0 radical (unpaired) electrons. The molecule has 0 unspecified atom stereocenters. The third kappa shape index (κ3) is 4.50. The van der Waals surface area contributed by atoms with Gasteiger partial charge in [0.25, 0.3) is 0 Å². The molecule has 4 rings (SSSR count). The van der Waals surface area contributed by atoms with Crippen LogP contribution in [0.5, 0.6) is 5.75 Å². The van der Waals surface area contributed by atoms with Crippen molar-refractivity contribution >= 4 is 6.03 Å². The van der Waals surface area contributed by atoms with E-state index < -0.39 is 0 Å². The van der Waals surface area contributed by atoms with Crippen LogP contribution in [0.2, 0.25) is 0 Å². The number of hydrogen-bond donors (Lipinski definition) is 1. The number of nitrogens with one attached hydrogen (secondary N) is 1. The van der Waals surface area contributed by atoms with E-state index in [0.29, 0.717) is 12.5 Å². The minimum atomic E-state index is 0.0460. The third-order valence-corrected chi connectivity index (χ3v) is 5.82. The van der Waals surface area contributed by atoms with Crippen LogP contribution in [0.3, 0.4) is 0 Å². The number of hydrogen-bond acceptors (Lipinski definition) is 4. The van der Waals surface area contributed by atoms with Gasteiger partial charge in [0.15, 0.2) is 0 Å². The number of rotatable bonds is 5. The van der Waals surface area contributed by atoms with Crippen LogP contribution in [-0.2, 0) is 19.5 Å². The minimum absolute atomic E-state index is 0.0460. The maximum atomic E-state index is 12.7. The lowest BCUT2D eigenvalue weighted by Crippen LogP contribution is -2.46. The summed E-state index contributed by atoms with van der Waals surface area (Å²) in [5.74, 6) is 2.38. The fourth-order valence-electron chi connectivity index (χ4n) is 4.26. The zero-order chi connectivity index (χ0) is 19.3. The number of carbonyl (C=O) groups is 1. The molecule has 2 aliphatic rings. The summed E-state index contributed by atoms with van der Waals surface area (Å²) in [6, 6.07) is 10.1. The van der Waals surface area contributed by atoms with E-state index in [9.17, 15) is 4.79 Å². The number of carbonyl (C=O) groups excluding carboxylic acids is 1. The number of nitrogens with zero attached hydrogens (tertiary/aromatic N) is 2. The first kappa shape index (κ1) is 18.9. The zero-order valence-corrected chi connectivity index (χ0v) is 16.5. The van der Waals surface area contributed by atoms with Gasteiger partial charge in [-0.3, -0.25) is 4.90 Å². The minimum Gasteiger partial charge on any atom is -0.497 e. The number of likely N-dealkylation sites (tertiary alicyclic amines) is 1. The maximum absolute atomic E-state index is 12.7. The molecule has 1 aromatic carbocycles. The van der Waals surface area contributed by atoms with Crippen LogP contribution in [-0.4, -0.2) is 49.1 Å². The Hall–Kier alpha value is -2.47. The van der Waals surface area contributed by atoms with Gasteiger partial charge < -0.3 is 19.4 Å². The van der Waals surface area contributed by atoms with E-state index in [1.807, 2.05) is 23.1 Å². The first-order chi connectivity index (χ1) is 13.7. The number of ether oxygens (including phenoxy) is 1. The number of amides is 2. The quantitative estimate of drug-likeness (QED) is 0.861. The second-order valence-corrected chi connectivity index (χ2v) is 7.81. The monoisotopic (exact) mass is 383 g/mol. The largest absolute Gasteiger partial charge is 0.497 e. The van der Waals surface area contributed by atoms with Gasteiger partial charge in [-0.15, -0.1) is 0 Å². The topological polar surface area (TPSA) is 58.0 Å². The first-order valence-electron chi connectivity index (χ1n) is 10.1. The molecule has 1 N–H and O–H groups in total. The lowest BCUT2D eigenvalue weighted by atomic mass is 9.97. The fourth-order valence-corrected chi connectivity index (χ4v) is 4.26. The number of fused-ring (bicyclic) bond motifs is 1. The fraction of sp³-hybridized carbons (Fsp3) is 0.500. The van der Waals surface area contributed by atoms with Crippen molar-refractivity contribution in [1.82, 2.24) is 15.1 Å². The Kier molecular flexibility index (Phi) is 5.86. The Morgan fingerprint density at radius 3 is 3.04 bits per heavy atom. The lowest BCUT2D eigenvalue weighted by molar-refractivity contribution is 0.150. The third-order valence-electron chi connectivity index (χ3n) is 5.82. The molecule has 2 amide bonds. The SMILES string of the molecule is COc1ccc2c(c1)CCN(C(=O)NC[C@H]1CCCN(Cc3ccco3)C1)C2. The average molecular weight is 383 g/mol. The average Bonchev–Trinajstić information content (AvgIpc) is 3.24. The first-order valence-corrected chi connectivity index (χ1v) is 10.1. The van der Waals surface area contributed by atoms with Crippen LogP contribution < -0.4 is 10.1 Å². The second kappa shape index (κ2) is 8.69. The highest BCUT2D eigenvalue weighted by Crippen LogP contribution is 2.24. The van der Waals surface area contributed by atoms with E-state index in [4.69, 9.17) is 9.15 Å². The van der Waals surface area contributed by atoms with Crippen molar-refractivity contribution < 1.29 is 13.9 Å². The molecular weight excluding hydrogens is 354 g/mol. The standard InChI is InChI=1S/C22H29N3O3/c1-27-20-7-6-19-15-25(10-8-18(19)12-20)22(26)23-13-17-4-2-9-24(14-17)16-21-5-3-11-28-21/h3,5-7,11-12,17H,2,4,8-10,13-16H2,1H3,(H,23,26)/t17-/m1/s1. The van der Waals surface area contributed by atoms with Crippen molar-refractivity contribution in [2.24, 2.45) is 5.92 Å². The molecule has 1 fully saturated rings. The molecule has 1 atom stereocenters. The van der Waals surface area contributed by atoms with Gasteiger partial charge in [0, 0.05) is 26.2 Å². The summed E-state index contributed by atoms with van der Waals surface area (Å²) >= 11 is 0. The zero-order valence-electron chi connectivity index (χ0n) is 16.5. The van der Waals surface area contributed by atoms with Crippen LogP contribution in [0.1, 0.15) is 29.7 Å². The number of methoxy groups -OCH3 is 1. The summed E-state index contributed by atoms with van der Waals surface area (Å²) in [5, 5.41) is 3.17. The van der Waals surface area contributed by atoms with E-state index in [1.54, 1.807) is 13.4 Å². The van der Waals surface area contributed by atoms with Gasteiger partial charge in [0.2, 0.25) is 0 Å². The summed E-state index contributed by atoms with van der Waals surface area (Å²) in [6.45, 7) is 5.10. The van der Waals surface area contributed by atoms with Crippen molar-refractivity contribution in [2.75, 3.05) is 33.3 Å². The van der Waals surface area contributed by atoms with Crippen molar-refractivity contribution in [1.29, 1.82) is 0 Å². The van der Waals surface area contributed by atoms with Gasteiger partial charge in [-0.2, -0.15) is 0 Å². The maximum Gasteiger partial charge on any atom is 0.317 e. The number of benzene rings is 1. The Balaban J connectivity index is 1.26. The Morgan fingerprint density at radius 1 is 1.29 bits per heavy atom. The van der Waals surface area contributed by atoms with E-state index in [2.05, 4.69) is 22.3 Å².